The molecule has 152 valence electrons. The van der Waals surface area contributed by atoms with Crippen LogP contribution in [0.2, 0.25) is 0 Å². The Morgan fingerprint density at radius 2 is 2.14 bits per heavy atom. The van der Waals surface area contributed by atoms with E-state index in [1.165, 1.54) is 24.6 Å². The number of carbonyl (C=O) groups is 1. The van der Waals surface area contributed by atoms with E-state index >= 15 is 0 Å². The fourth-order valence-corrected chi connectivity index (χ4v) is 3.89. The molecule has 0 saturated carbocycles. The van der Waals surface area contributed by atoms with Crippen LogP contribution in [0.1, 0.15) is 25.1 Å². The van der Waals surface area contributed by atoms with Gasteiger partial charge in [0.05, 0.1) is 12.7 Å². The highest BCUT2D eigenvalue weighted by molar-refractivity contribution is 7.15. The fraction of sp³-hybridized carbons (Fsp3) is 0.556. The summed E-state index contributed by atoms with van der Waals surface area (Å²) in [6.45, 7) is 6.14. The molecule has 0 bridgehead atoms. The van der Waals surface area contributed by atoms with Crippen molar-refractivity contribution in [1.82, 2.24) is 19.9 Å². The van der Waals surface area contributed by atoms with Gasteiger partial charge in [-0.05, 0) is 6.92 Å². The lowest BCUT2D eigenvalue weighted by molar-refractivity contribution is -0.114. The number of ether oxygens (including phenoxy) is 3. The molecule has 0 radical (unpaired) electrons. The number of hydrogen-bond donors (Lipinski definition) is 1. The van der Waals surface area contributed by atoms with Crippen molar-refractivity contribution in [3.63, 3.8) is 0 Å². The summed E-state index contributed by atoms with van der Waals surface area (Å²) in [5.41, 5.74) is 0. The first-order chi connectivity index (χ1) is 13.5. The van der Waals surface area contributed by atoms with Crippen LogP contribution in [-0.2, 0) is 16.1 Å². The maximum Gasteiger partial charge on any atom is 0.223 e. The zero-order valence-electron chi connectivity index (χ0n) is 16.3. The van der Waals surface area contributed by atoms with E-state index in [-0.39, 0.29) is 12.0 Å². The second-order valence-electron chi connectivity index (χ2n) is 6.60. The molecule has 1 saturated heterocycles. The molecule has 2 atom stereocenters. The normalized spacial score (nSPS) is 19.5. The highest BCUT2D eigenvalue weighted by Gasteiger charge is 2.31. The van der Waals surface area contributed by atoms with Crippen LogP contribution < -0.4 is 14.8 Å². The highest BCUT2D eigenvalue weighted by atomic mass is 32.1. The minimum atomic E-state index is -0.112. The summed E-state index contributed by atoms with van der Waals surface area (Å²) in [6.07, 6.45) is 4.19. The Hall–Kier alpha value is -2.30. The van der Waals surface area contributed by atoms with E-state index in [9.17, 15) is 4.79 Å². The second kappa shape index (κ2) is 9.76. The first-order valence-electron chi connectivity index (χ1n) is 9.10. The number of likely N-dealkylation sites (tertiary alicyclic amines) is 1. The second-order valence-corrected chi connectivity index (χ2v) is 7.72. The number of amides is 1. The quantitative estimate of drug-likeness (QED) is 0.630. The number of methoxy groups -OCH3 is 1. The van der Waals surface area contributed by atoms with Crippen LogP contribution in [0.3, 0.4) is 0 Å². The zero-order valence-corrected chi connectivity index (χ0v) is 17.1. The number of rotatable bonds is 9. The van der Waals surface area contributed by atoms with Crippen molar-refractivity contribution in [3.8, 4) is 11.8 Å². The van der Waals surface area contributed by atoms with Crippen LogP contribution in [0.25, 0.3) is 0 Å². The van der Waals surface area contributed by atoms with Gasteiger partial charge in [-0.25, -0.2) is 15.0 Å². The lowest BCUT2D eigenvalue weighted by Gasteiger charge is -2.19. The molecule has 3 rings (SSSR count). The lowest BCUT2D eigenvalue weighted by atomic mass is 10.2. The van der Waals surface area contributed by atoms with Crippen LogP contribution in [0.15, 0.2) is 18.6 Å². The molecular formula is C18H25N5O4S. The fourth-order valence-electron chi connectivity index (χ4n) is 3.01. The van der Waals surface area contributed by atoms with Crippen molar-refractivity contribution in [2.75, 3.05) is 32.2 Å². The number of nitrogens with one attached hydrogen (secondary N) is 1. The van der Waals surface area contributed by atoms with Gasteiger partial charge in [-0.3, -0.25) is 9.69 Å². The van der Waals surface area contributed by atoms with Gasteiger partial charge in [-0.15, -0.1) is 11.3 Å². The van der Waals surface area contributed by atoms with Gasteiger partial charge in [0.2, 0.25) is 17.7 Å². The molecule has 3 heterocycles. The Labute approximate surface area is 168 Å². The summed E-state index contributed by atoms with van der Waals surface area (Å²) in [4.78, 5) is 27.1. The van der Waals surface area contributed by atoms with Crippen molar-refractivity contribution >= 4 is 22.4 Å². The minimum absolute atomic E-state index is 0.0412. The smallest absolute Gasteiger partial charge is 0.223 e. The largest absolute Gasteiger partial charge is 0.475 e. The van der Waals surface area contributed by atoms with Crippen LogP contribution in [0.5, 0.6) is 11.8 Å². The van der Waals surface area contributed by atoms with E-state index < -0.39 is 0 Å². The molecule has 9 nitrogen and oxygen atoms in total. The topological polar surface area (TPSA) is 98.7 Å². The van der Waals surface area contributed by atoms with Crippen molar-refractivity contribution in [1.29, 1.82) is 0 Å². The van der Waals surface area contributed by atoms with Crippen molar-refractivity contribution in [2.24, 2.45) is 0 Å². The van der Waals surface area contributed by atoms with Crippen LogP contribution >= 0.6 is 11.3 Å². The molecule has 0 aliphatic carbocycles. The Kier molecular flexibility index (Phi) is 7.12. The molecular weight excluding hydrogens is 382 g/mol. The minimum Gasteiger partial charge on any atom is -0.475 e. The van der Waals surface area contributed by atoms with Gasteiger partial charge in [0.15, 0.2) is 5.13 Å². The molecule has 1 aliphatic heterocycles. The molecule has 10 heteroatoms. The number of hydrogen-bond acceptors (Lipinski definition) is 9. The van der Waals surface area contributed by atoms with E-state index in [1.54, 1.807) is 13.2 Å². The monoisotopic (exact) mass is 407 g/mol. The first-order valence-corrected chi connectivity index (χ1v) is 9.92. The molecule has 1 aliphatic rings. The molecule has 0 spiro atoms. The number of aromatic nitrogens is 3. The predicted molar refractivity (Wildman–Crippen MR) is 105 cm³/mol. The van der Waals surface area contributed by atoms with Crippen molar-refractivity contribution in [2.45, 2.75) is 39.0 Å². The van der Waals surface area contributed by atoms with E-state index in [2.05, 4.69) is 32.1 Å². The molecule has 2 aromatic rings. The molecule has 0 aromatic carbocycles. The Balaban J connectivity index is 1.53. The lowest BCUT2D eigenvalue weighted by Crippen LogP contribution is -2.27. The Morgan fingerprint density at radius 3 is 2.93 bits per heavy atom. The third-order valence-electron chi connectivity index (χ3n) is 4.30. The number of nitrogens with zero attached hydrogens (tertiary/aromatic N) is 4. The summed E-state index contributed by atoms with van der Waals surface area (Å²) in [5.74, 6) is 0.867. The van der Waals surface area contributed by atoms with Crippen LogP contribution in [-0.4, -0.2) is 64.8 Å². The third kappa shape index (κ3) is 5.85. The van der Waals surface area contributed by atoms with E-state index in [0.717, 1.165) is 24.4 Å². The molecule has 1 N–H and O–H groups in total. The van der Waals surface area contributed by atoms with Crippen molar-refractivity contribution < 1.29 is 19.0 Å². The van der Waals surface area contributed by atoms with E-state index in [1.807, 2.05) is 6.20 Å². The number of carbonyl (C=O) groups excluding carboxylic acids is 1. The maximum absolute atomic E-state index is 11.1. The zero-order chi connectivity index (χ0) is 19.9. The Bertz CT molecular complexity index is 787. The molecule has 28 heavy (non-hydrogen) atoms. The highest BCUT2D eigenvalue weighted by Crippen LogP contribution is 2.27. The van der Waals surface area contributed by atoms with Crippen LogP contribution in [0.4, 0.5) is 5.13 Å². The summed E-state index contributed by atoms with van der Waals surface area (Å²) >= 11 is 1.49. The SMILES string of the molecule is COCCOc1cc(O[C@@H]2C[C@H](C)N(Cc3cnc(NC(C)=O)s3)C2)ncn1. The molecule has 2 aromatic heterocycles. The van der Waals surface area contributed by atoms with Gasteiger partial charge < -0.3 is 19.5 Å². The Morgan fingerprint density at radius 1 is 1.32 bits per heavy atom. The van der Waals surface area contributed by atoms with Gasteiger partial charge in [-0.1, -0.05) is 0 Å². The van der Waals surface area contributed by atoms with E-state index in [4.69, 9.17) is 14.2 Å². The number of thiazole rings is 1. The van der Waals surface area contributed by atoms with Gasteiger partial charge in [0, 0.05) is 50.7 Å². The van der Waals surface area contributed by atoms with E-state index in [0.29, 0.717) is 36.1 Å². The molecule has 1 fully saturated rings. The predicted octanol–water partition coefficient (Wildman–Crippen LogP) is 1.96. The van der Waals surface area contributed by atoms with Gasteiger partial charge in [-0.2, -0.15) is 0 Å². The van der Waals surface area contributed by atoms with Crippen molar-refractivity contribution in [3.05, 3.63) is 23.5 Å². The summed E-state index contributed by atoms with van der Waals surface area (Å²) < 4.78 is 16.5. The first kappa shape index (κ1) is 20.4. The number of anilines is 1. The average Bonchev–Trinajstić information content (AvgIpc) is 3.21. The maximum atomic E-state index is 11.1. The van der Waals surface area contributed by atoms with Gasteiger partial charge in [0.25, 0.3) is 0 Å². The van der Waals surface area contributed by atoms with Crippen LogP contribution in [0, 0.1) is 0 Å². The average molecular weight is 407 g/mol. The standard InChI is InChI=1S/C18H25N5O4S/c1-12-6-14(27-17-7-16(20-11-21-17)26-5-4-25-3)9-23(12)10-15-8-19-18(28-15)22-13(2)24/h7-8,11-12,14H,4-6,9-10H2,1-3H3,(H,19,22,24)/t12-,14+/m0/s1. The summed E-state index contributed by atoms with van der Waals surface area (Å²) in [7, 11) is 1.62. The third-order valence-corrected chi connectivity index (χ3v) is 5.20. The summed E-state index contributed by atoms with van der Waals surface area (Å²) in [5, 5.41) is 3.35. The molecule has 0 unspecified atom stereocenters. The summed E-state index contributed by atoms with van der Waals surface area (Å²) in [6, 6.07) is 2.07. The van der Waals surface area contributed by atoms with Gasteiger partial charge in [0.1, 0.15) is 19.0 Å². The molecule has 1 amide bonds. The van der Waals surface area contributed by atoms with Gasteiger partial charge >= 0.3 is 0 Å².